The van der Waals surface area contributed by atoms with Crippen LogP contribution >= 0.6 is 0 Å². The zero-order chi connectivity index (χ0) is 13.1. The van der Waals surface area contributed by atoms with E-state index in [9.17, 15) is 0 Å². The van der Waals surface area contributed by atoms with Crippen LogP contribution < -0.4 is 5.32 Å². The van der Waals surface area contributed by atoms with Crippen LogP contribution in [-0.4, -0.2) is 36.1 Å². The zero-order valence-corrected chi connectivity index (χ0v) is 12.8. The summed E-state index contributed by atoms with van der Waals surface area (Å²) in [5.41, 5.74) is 0. The second-order valence-electron chi connectivity index (χ2n) is 6.96. The summed E-state index contributed by atoms with van der Waals surface area (Å²) < 4.78 is 0. The molecule has 0 aromatic heterocycles. The first-order chi connectivity index (χ1) is 8.59. The number of piperazine rings is 1. The van der Waals surface area contributed by atoms with Crippen LogP contribution in [-0.2, 0) is 0 Å². The maximum Gasteiger partial charge on any atom is 0.0247 e. The van der Waals surface area contributed by atoms with Gasteiger partial charge < -0.3 is 5.32 Å². The molecule has 2 fully saturated rings. The molecule has 1 aliphatic heterocycles. The predicted octanol–water partition coefficient (Wildman–Crippen LogP) is 3.27. The van der Waals surface area contributed by atoms with Gasteiger partial charge in [-0.05, 0) is 38.5 Å². The normalized spacial score (nSPS) is 33.8. The minimum atomic E-state index is 0.658. The molecule has 2 heteroatoms. The highest BCUT2D eigenvalue weighted by Gasteiger charge is 2.34. The lowest BCUT2D eigenvalue weighted by molar-refractivity contribution is 0.0314. The van der Waals surface area contributed by atoms with Crippen LogP contribution in [0.15, 0.2) is 0 Å². The van der Waals surface area contributed by atoms with Crippen molar-refractivity contribution in [2.75, 3.05) is 13.1 Å². The molecule has 1 heterocycles. The third kappa shape index (κ3) is 3.27. The molecule has 0 spiro atoms. The van der Waals surface area contributed by atoms with E-state index in [2.05, 4.69) is 37.9 Å². The minimum Gasteiger partial charge on any atom is -0.311 e. The Bertz CT molecular complexity index is 245. The van der Waals surface area contributed by atoms with E-state index in [-0.39, 0.29) is 0 Å². The molecule has 1 saturated heterocycles. The topological polar surface area (TPSA) is 15.3 Å². The lowest BCUT2D eigenvalue weighted by atomic mass is 9.82. The summed E-state index contributed by atoms with van der Waals surface area (Å²) in [5, 5.41) is 3.66. The van der Waals surface area contributed by atoms with E-state index in [1.807, 2.05) is 0 Å². The second-order valence-corrected chi connectivity index (χ2v) is 6.96. The van der Waals surface area contributed by atoms with Gasteiger partial charge in [0.2, 0.25) is 0 Å². The standard InChI is InChI=1S/C16H32N2/c1-12(2)16-10-17-13(3)11-18(16)14(4)15-8-6-5-7-9-15/h12-17H,5-11H2,1-4H3. The summed E-state index contributed by atoms with van der Waals surface area (Å²) >= 11 is 0. The molecule has 3 atom stereocenters. The number of hydrogen-bond acceptors (Lipinski definition) is 2. The maximum absolute atomic E-state index is 3.66. The van der Waals surface area contributed by atoms with Gasteiger partial charge in [0.1, 0.15) is 0 Å². The van der Waals surface area contributed by atoms with Gasteiger partial charge >= 0.3 is 0 Å². The van der Waals surface area contributed by atoms with Gasteiger partial charge in [0.15, 0.2) is 0 Å². The van der Waals surface area contributed by atoms with Gasteiger partial charge in [0.25, 0.3) is 0 Å². The number of nitrogens with one attached hydrogen (secondary N) is 1. The van der Waals surface area contributed by atoms with Crippen molar-refractivity contribution >= 4 is 0 Å². The molecule has 2 nitrogen and oxygen atoms in total. The first-order valence-corrected chi connectivity index (χ1v) is 8.08. The summed E-state index contributed by atoms with van der Waals surface area (Å²) in [6.45, 7) is 12.0. The average Bonchev–Trinajstić information content (AvgIpc) is 2.38. The first-order valence-electron chi connectivity index (χ1n) is 8.08. The van der Waals surface area contributed by atoms with Gasteiger partial charge in [-0.3, -0.25) is 4.90 Å². The molecule has 0 amide bonds. The predicted molar refractivity (Wildman–Crippen MR) is 78.8 cm³/mol. The molecule has 2 rings (SSSR count). The lowest BCUT2D eigenvalue weighted by Gasteiger charge is -2.47. The smallest absolute Gasteiger partial charge is 0.0247 e. The Hall–Kier alpha value is -0.0800. The summed E-state index contributed by atoms with van der Waals surface area (Å²) in [7, 11) is 0. The van der Waals surface area contributed by atoms with Gasteiger partial charge in [0, 0.05) is 31.2 Å². The fourth-order valence-electron chi connectivity index (χ4n) is 3.93. The van der Waals surface area contributed by atoms with Gasteiger partial charge in [0.05, 0.1) is 0 Å². The van der Waals surface area contributed by atoms with E-state index in [4.69, 9.17) is 0 Å². The summed E-state index contributed by atoms with van der Waals surface area (Å²) in [6.07, 6.45) is 7.31. The van der Waals surface area contributed by atoms with Crippen LogP contribution in [0.25, 0.3) is 0 Å². The van der Waals surface area contributed by atoms with E-state index in [1.165, 1.54) is 45.2 Å². The van der Waals surface area contributed by atoms with Crippen molar-refractivity contribution in [1.82, 2.24) is 10.2 Å². The Kier molecular flexibility index (Phi) is 5.08. The van der Waals surface area contributed by atoms with Gasteiger partial charge in [-0.15, -0.1) is 0 Å². The van der Waals surface area contributed by atoms with Crippen LogP contribution in [0.3, 0.4) is 0 Å². The Morgan fingerprint density at radius 2 is 1.72 bits per heavy atom. The van der Waals surface area contributed by atoms with Gasteiger partial charge in [-0.2, -0.15) is 0 Å². The zero-order valence-electron chi connectivity index (χ0n) is 12.8. The fourth-order valence-corrected chi connectivity index (χ4v) is 3.93. The molecule has 3 unspecified atom stereocenters. The maximum atomic E-state index is 3.66. The van der Waals surface area contributed by atoms with E-state index in [0.717, 1.165) is 23.9 Å². The average molecular weight is 252 g/mol. The molecular weight excluding hydrogens is 220 g/mol. The molecule has 0 aromatic rings. The summed E-state index contributed by atoms with van der Waals surface area (Å²) in [5.74, 6) is 1.71. The van der Waals surface area contributed by atoms with Crippen LogP contribution in [0, 0.1) is 11.8 Å². The Labute approximate surface area is 114 Å². The van der Waals surface area contributed by atoms with E-state index in [1.54, 1.807) is 0 Å². The molecule has 18 heavy (non-hydrogen) atoms. The van der Waals surface area contributed by atoms with Crippen molar-refractivity contribution in [1.29, 1.82) is 0 Å². The summed E-state index contributed by atoms with van der Waals surface area (Å²) in [6, 6.07) is 2.17. The van der Waals surface area contributed by atoms with Crippen molar-refractivity contribution in [2.24, 2.45) is 11.8 Å². The first kappa shape index (κ1) is 14.3. The van der Waals surface area contributed by atoms with E-state index < -0.39 is 0 Å². The van der Waals surface area contributed by atoms with Gasteiger partial charge in [-0.1, -0.05) is 33.1 Å². The monoisotopic (exact) mass is 252 g/mol. The molecule has 2 aliphatic rings. The van der Waals surface area contributed by atoms with Crippen LogP contribution in [0.5, 0.6) is 0 Å². The molecule has 106 valence electrons. The minimum absolute atomic E-state index is 0.658. The quantitative estimate of drug-likeness (QED) is 0.829. The van der Waals surface area contributed by atoms with Crippen molar-refractivity contribution in [2.45, 2.75) is 77.9 Å². The van der Waals surface area contributed by atoms with Gasteiger partial charge in [-0.25, -0.2) is 0 Å². The van der Waals surface area contributed by atoms with Crippen LogP contribution in [0.4, 0.5) is 0 Å². The highest BCUT2D eigenvalue weighted by molar-refractivity contribution is 4.91. The molecule has 1 N–H and O–H groups in total. The second kappa shape index (κ2) is 6.38. The van der Waals surface area contributed by atoms with E-state index in [0.29, 0.717) is 6.04 Å². The third-order valence-corrected chi connectivity index (χ3v) is 5.21. The van der Waals surface area contributed by atoms with Crippen LogP contribution in [0.2, 0.25) is 0 Å². The Balaban J connectivity index is 2.01. The largest absolute Gasteiger partial charge is 0.311 e. The van der Waals surface area contributed by atoms with E-state index >= 15 is 0 Å². The fraction of sp³-hybridized carbons (Fsp3) is 1.00. The van der Waals surface area contributed by atoms with Crippen molar-refractivity contribution < 1.29 is 0 Å². The highest BCUT2D eigenvalue weighted by atomic mass is 15.3. The molecule has 0 aromatic carbocycles. The SMILES string of the molecule is CC1CN(C(C)C2CCCCC2)C(C(C)C)CN1. The molecule has 0 bridgehead atoms. The van der Waals surface area contributed by atoms with Crippen molar-refractivity contribution in [3.63, 3.8) is 0 Å². The molecule has 0 radical (unpaired) electrons. The Morgan fingerprint density at radius 1 is 1.06 bits per heavy atom. The molecule has 1 aliphatic carbocycles. The Morgan fingerprint density at radius 3 is 2.33 bits per heavy atom. The summed E-state index contributed by atoms with van der Waals surface area (Å²) in [4.78, 5) is 2.82. The molecular formula is C16H32N2. The number of rotatable bonds is 3. The number of nitrogens with zero attached hydrogens (tertiary/aromatic N) is 1. The van der Waals surface area contributed by atoms with Crippen molar-refractivity contribution in [3.05, 3.63) is 0 Å². The van der Waals surface area contributed by atoms with Crippen molar-refractivity contribution in [3.8, 4) is 0 Å². The third-order valence-electron chi connectivity index (χ3n) is 5.21. The number of hydrogen-bond donors (Lipinski definition) is 1. The molecule has 1 saturated carbocycles. The van der Waals surface area contributed by atoms with Crippen LogP contribution in [0.1, 0.15) is 59.8 Å². The lowest BCUT2D eigenvalue weighted by Crippen LogP contribution is -2.61. The highest BCUT2D eigenvalue weighted by Crippen LogP contribution is 2.31.